The van der Waals surface area contributed by atoms with Crippen molar-refractivity contribution >= 4 is 11.6 Å². The molecule has 0 bridgehead atoms. The van der Waals surface area contributed by atoms with Gasteiger partial charge in [0, 0.05) is 25.5 Å². The van der Waals surface area contributed by atoms with E-state index in [9.17, 15) is 4.79 Å². The molecule has 3 aromatic rings. The molecule has 30 heavy (non-hydrogen) atoms. The highest BCUT2D eigenvalue weighted by Gasteiger charge is 2.23. The van der Waals surface area contributed by atoms with E-state index in [1.54, 1.807) is 23.0 Å². The van der Waals surface area contributed by atoms with Crippen molar-refractivity contribution in [1.29, 1.82) is 0 Å². The highest BCUT2D eigenvalue weighted by Crippen LogP contribution is 2.29. The molecule has 0 atom stereocenters. The number of benzene rings is 1. The first kappa shape index (κ1) is 21.6. The van der Waals surface area contributed by atoms with Gasteiger partial charge in [-0.2, -0.15) is 5.10 Å². The summed E-state index contributed by atoms with van der Waals surface area (Å²) in [5.74, 6) is 1.38. The highest BCUT2D eigenvalue weighted by molar-refractivity contribution is 6.01. The molecule has 7 heteroatoms. The van der Waals surface area contributed by atoms with E-state index in [0.717, 1.165) is 24.2 Å². The molecule has 0 aliphatic carbocycles. The average molecular weight is 411 g/mol. The van der Waals surface area contributed by atoms with Gasteiger partial charge in [0.05, 0.1) is 18.9 Å². The van der Waals surface area contributed by atoms with Crippen molar-refractivity contribution in [3.8, 4) is 11.5 Å². The average Bonchev–Trinajstić information content (AvgIpc) is 3.08. The van der Waals surface area contributed by atoms with Crippen LogP contribution in [-0.2, 0) is 6.54 Å². The van der Waals surface area contributed by atoms with Crippen molar-refractivity contribution in [1.82, 2.24) is 19.5 Å². The van der Waals surface area contributed by atoms with Crippen LogP contribution < -0.4 is 9.47 Å². The number of nitrogens with zero attached hydrogens (tertiary/aromatic N) is 4. The Morgan fingerprint density at radius 3 is 2.70 bits per heavy atom. The SMILES string of the molecule is CCCOc1ccc(CN(CCC)C(=O)c2c(C)nn3cccnc23)cc1OCC. The molecule has 0 unspecified atom stereocenters. The van der Waals surface area contributed by atoms with Crippen LogP contribution in [0, 0.1) is 6.92 Å². The van der Waals surface area contributed by atoms with Crippen LogP contribution in [-0.4, -0.2) is 45.2 Å². The molecule has 0 saturated carbocycles. The second kappa shape index (κ2) is 10.1. The first-order valence-corrected chi connectivity index (χ1v) is 10.6. The normalized spacial score (nSPS) is 10.9. The summed E-state index contributed by atoms with van der Waals surface area (Å²) in [5, 5.41) is 4.43. The Kier molecular flexibility index (Phi) is 7.27. The van der Waals surface area contributed by atoms with Gasteiger partial charge in [0.15, 0.2) is 17.1 Å². The quantitative estimate of drug-likeness (QED) is 0.499. The fourth-order valence-corrected chi connectivity index (χ4v) is 3.40. The summed E-state index contributed by atoms with van der Waals surface area (Å²) in [7, 11) is 0. The predicted octanol–water partition coefficient (Wildman–Crippen LogP) is 4.28. The summed E-state index contributed by atoms with van der Waals surface area (Å²) in [6.45, 7) is 10.2. The number of amides is 1. The minimum absolute atomic E-state index is 0.0627. The van der Waals surface area contributed by atoms with E-state index >= 15 is 0 Å². The largest absolute Gasteiger partial charge is 0.490 e. The van der Waals surface area contributed by atoms with Crippen molar-refractivity contribution in [2.45, 2.75) is 47.1 Å². The Hall–Kier alpha value is -3.09. The second-order valence-corrected chi connectivity index (χ2v) is 7.14. The number of aryl methyl sites for hydroxylation is 1. The first-order chi connectivity index (χ1) is 14.6. The Bertz CT molecular complexity index is 999. The zero-order valence-electron chi connectivity index (χ0n) is 18.2. The zero-order valence-corrected chi connectivity index (χ0v) is 18.2. The molecule has 1 aromatic carbocycles. The number of fused-ring (bicyclic) bond motifs is 1. The van der Waals surface area contributed by atoms with Crippen molar-refractivity contribution in [3.63, 3.8) is 0 Å². The molecule has 1 amide bonds. The van der Waals surface area contributed by atoms with E-state index < -0.39 is 0 Å². The molecule has 0 saturated heterocycles. The lowest BCUT2D eigenvalue weighted by Gasteiger charge is -2.23. The molecule has 0 aliphatic heterocycles. The van der Waals surface area contributed by atoms with Crippen LogP contribution in [0.5, 0.6) is 11.5 Å². The number of carbonyl (C=O) groups excluding carboxylic acids is 1. The molecule has 160 valence electrons. The molecule has 0 radical (unpaired) electrons. The van der Waals surface area contributed by atoms with Gasteiger partial charge in [-0.1, -0.05) is 19.9 Å². The maximum atomic E-state index is 13.4. The maximum absolute atomic E-state index is 13.4. The number of rotatable bonds is 10. The van der Waals surface area contributed by atoms with Gasteiger partial charge in [-0.25, -0.2) is 9.50 Å². The lowest BCUT2D eigenvalue weighted by Crippen LogP contribution is -2.31. The lowest BCUT2D eigenvalue weighted by atomic mass is 10.1. The van der Waals surface area contributed by atoms with E-state index in [1.165, 1.54) is 0 Å². The van der Waals surface area contributed by atoms with Gasteiger partial charge in [0.1, 0.15) is 5.56 Å². The summed E-state index contributed by atoms with van der Waals surface area (Å²) in [6.07, 6.45) is 5.27. The Morgan fingerprint density at radius 2 is 1.97 bits per heavy atom. The van der Waals surface area contributed by atoms with E-state index in [0.29, 0.717) is 49.0 Å². The lowest BCUT2D eigenvalue weighted by molar-refractivity contribution is 0.0744. The number of aromatic nitrogens is 3. The zero-order chi connectivity index (χ0) is 21.5. The van der Waals surface area contributed by atoms with Crippen LogP contribution in [0.1, 0.15) is 55.2 Å². The molecule has 0 spiro atoms. The fraction of sp³-hybridized carbons (Fsp3) is 0.435. The third-order valence-electron chi connectivity index (χ3n) is 4.71. The van der Waals surface area contributed by atoms with Gasteiger partial charge in [-0.05, 0) is 50.5 Å². The van der Waals surface area contributed by atoms with Gasteiger partial charge in [0.25, 0.3) is 5.91 Å². The smallest absolute Gasteiger partial charge is 0.259 e. The summed E-state index contributed by atoms with van der Waals surface area (Å²) in [4.78, 5) is 19.6. The van der Waals surface area contributed by atoms with E-state index in [2.05, 4.69) is 23.9 Å². The van der Waals surface area contributed by atoms with Gasteiger partial charge >= 0.3 is 0 Å². The molecular weight excluding hydrogens is 380 g/mol. The molecule has 2 aromatic heterocycles. The van der Waals surface area contributed by atoms with Crippen molar-refractivity contribution in [3.05, 3.63) is 53.5 Å². The Morgan fingerprint density at radius 1 is 1.13 bits per heavy atom. The summed E-state index contributed by atoms with van der Waals surface area (Å²) in [5.41, 5.74) is 2.81. The molecule has 0 aliphatic rings. The third-order valence-corrected chi connectivity index (χ3v) is 4.71. The molecule has 2 heterocycles. The van der Waals surface area contributed by atoms with Crippen molar-refractivity contribution in [2.75, 3.05) is 19.8 Å². The third kappa shape index (κ3) is 4.72. The Labute approximate surface area is 177 Å². The van der Waals surface area contributed by atoms with Gasteiger partial charge in [-0.3, -0.25) is 4.79 Å². The fourth-order valence-electron chi connectivity index (χ4n) is 3.40. The number of carbonyl (C=O) groups is 1. The minimum atomic E-state index is -0.0627. The standard InChI is InChI=1S/C23H30N4O3/c1-5-12-26(23(28)21-17(4)25-27-13-8-11-24-22(21)27)16-18-9-10-19(30-14-6-2)20(15-18)29-7-3/h8-11,13,15H,5-7,12,14,16H2,1-4H3. The number of hydrogen-bond acceptors (Lipinski definition) is 5. The first-order valence-electron chi connectivity index (χ1n) is 10.6. The van der Waals surface area contributed by atoms with Crippen LogP contribution in [0.4, 0.5) is 0 Å². The van der Waals surface area contributed by atoms with Crippen molar-refractivity contribution in [2.24, 2.45) is 0 Å². The van der Waals surface area contributed by atoms with Crippen LogP contribution in [0.2, 0.25) is 0 Å². The highest BCUT2D eigenvalue weighted by atomic mass is 16.5. The number of hydrogen-bond donors (Lipinski definition) is 0. The van der Waals surface area contributed by atoms with Crippen LogP contribution in [0.25, 0.3) is 5.65 Å². The van der Waals surface area contributed by atoms with Gasteiger partial charge < -0.3 is 14.4 Å². The predicted molar refractivity (Wildman–Crippen MR) is 116 cm³/mol. The second-order valence-electron chi connectivity index (χ2n) is 7.14. The minimum Gasteiger partial charge on any atom is -0.490 e. The van der Waals surface area contributed by atoms with E-state index in [1.807, 2.05) is 36.9 Å². The van der Waals surface area contributed by atoms with E-state index in [4.69, 9.17) is 9.47 Å². The summed E-state index contributed by atoms with van der Waals surface area (Å²) >= 11 is 0. The molecule has 0 N–H and O–H groups in total. The molecule has 7 nitrogen and oxygen atoms in total. The van der Waals surface area contributed by atoms with E-state index in [-0.39, 0.29) is 5.91 Å². The molecule has 0 fully saturated rings. The summed E-state index contributed by atoms with van der Waals surface area (Å²) in [6, 6.07) is 7.68. The van der Waals surface area contributed by atoms with Gasteiger partial charge in [0.2, 0.25) is 0 Å². The van der Waals surface area contributed by atoms with Crippen LogP contribution in [0.3, 0.4) is 0 Å². The topological polar surface area (TPSA) is 69.0 Å². The number of ether oxygens (including phenoxy) is 2. The van der Waals surface area contributed by atoms with Crippen molar-refractivity contribution < 1.29 is 14.3 Å². The van der Waals surface area contributed by atoms with Crippen LogP contribution >= 0.6 is 0 Å². The summed E-state index contributed by atoms with van der Waals surface area (Å²) < 4.78 is 13.2. The maximum Gasteiger partial charge on any atom is 0.259 e. The molecule has 3 rings (SSSR count). The molecular formula is C23H30N4O3. The van der Waals surface area contributed by atoms with Gasteiger partial charge in [-0.15, -0.1) is 0 Å². The Balaban J connectivity index is 1.88. The van der Waals surface area contributed by atoms with Crippen LogP contribution in [0.15, 0.2) is 36.7 Å². The monoisotopic (exact) mass is 410 g/mol.